The molecule has 1 aromatic carbocycles. The van der Waals surface area contributed by atoms with Gasteiger partial charge in [-0.25, -0.2) is 0 Å². The van der Waals surface area contributed by atoms with Crippen molar-refractivity contribution in [1.82, 2.24) is 0 Å². The molecule has 1 rings (SSSR count). The number of hydrogen-bond acceptors (Lipinski definition) is 2. The molecule has 0 N–H and O–H groups in total. The molecule has 0 atom stereocenters. The molecule has 0 amide bonds. The van der Waals surface area contributed by atoms with Crippen LogP contribution in [0, 0.1) is 0 Å². The lowest BCUT2D eigenvalue weighted by Crippen LogP contribution is -1.94. The standard InChI is InChI=1S/C11H16OS/c1-2-3-8-12-9-10-4-6-11(13)7-5-10/h4-7,13H,2-3,8-9H2,1H3. The molecule has 0 saturated heterocycles. The van der Waals surface area contributed by atoms with Crippen LogP contribution >= 0.6 is 12.6 Å². The zero-order valence-electron chi connectivity index (χ0n) is 7.99. The molecule has 0 unspecified atom stereocenters. The minimum atomic E-state index is 0.716. The van der Waals surface area contributed by atoms with Crippen LogP contribution in [0.15, 0.2) is 29.2 Å². The minimum Gasteiger partial charge on any atom is -0.377 e. The van der Waals surface area contributed by atoms with Gasteiger partial charge in [-0.05, 0) is 24.1 Å². The highest BCUT2D eigenvalue weighted by Gasteiger charge is 1.92. The Kier molecular flexibility index (Phi) is 4.94. The summed E-state index contributed by atoms with van der Waals surface area (Å²) in [5.41, 5.74) is 1.22. The third-order valence-corrected chi connectivity index (χ3v) is 2.15. The third kappa shape index (κ3) is 4.34. The molecule has 0 aromatic heterocycles. The van der Waals surface area contributed by atoms with Crippen molar-refractivity contribution in [2.75, 3.05) is 6.61 Å². The minimum absolute atomic E-state index is 0.716. The first kappa shape index (κ1) is 10.6. The van der Waals surface area contributed by atoms with Crippen molar-refractivity contribution in [2.24, 2.45) is 0 Å². The number of ether oxygens (including phenoxy) is 1. The van der Waals surface area contributed by atoms with Crippen molar-refractivity contribution >= 4 is 12.6 Å². The largest absolute Gasteiger partial charge is 0.377 e. The first-order valence-corrected chi connectivity index (χ1v) is 5.13. The number of benzene rings is 1. The van der Waals surface area contributed by atoms with Crippen LogP contribution in [0.25, 0.3) is 0 Å². The van der Waals surface area contributed by atoms with Gasteiger partial charge in [-0.2, -0.15) is 0 Å². The Hall–Kier alpha value is -0.470. The molecule has 0 spiro atoms. The van der Waals surface area contributed by atoms with Crippen LogP contribution < -0.4 is 0 Å². The smallest absolute Gasteiger partial charge is 0.0716 e. The summed E-state index contributed by atoms with van der Waals surface area (Å²) in [5, 5.41) is 0. The van der Waals surface area contributed by atoms with E-state index < -0.39 is 0 Å². The number of thiol groups is 1. The van der Waals surface area contributed by atoms with Crippen LogP contribution in [0.4, 0.5) is 0 Å². The van der Waals surface area contributed by atoms with Crippen LogP contribution in [0.2, 0.25) is 0 Å². The predicted octanol–water partition coefficient (Wildman–Crippen LogP) is 3.29. The SMILES string of the molecule is CCCCOCc1ccc(S)cc1. The highest BCUT2D eigenvalue weighted by molar-refractivity contribution is 7.80. The van der Waals surface area contributed by atoms with Crippen LogP contribution in [0.1, 0.15) is 25.3 Å². The van der Waals surface area contributed by atoms with Crippen molar-refractivity contribution in [2.45, 2.75) is 31.3 Å². The maximum atomic E-state index is 5.48. The van der Waals surface area contributed by atoms with E-state index in [1.807, 2.05) is 24.3 Å². The maximum Gasteiger partial charge on any atom is 0.0716 e. The molecule has 0 fully saturated rings. The normalized spacial score (nSPS) is 10.3. The molecule has 1 nitrogen and oxygen atoms in total. The monoisotopic (exact) mass is 196 g/mol. The molecule has 1 aromatic rings. The summed E-state index contributed by atoms with van der Waals surface area (Å²) in [4.78, 5) is 0.998. The van der Waals surface area contributed by atoms with Crippen molar-refractivity contribution in [3.05, 3.63) is 29.8 Å². The van der Waals surface area contributed by atoms with Gasteiger partial charge in [0.1, 0.15) is 0 Å². The van der Waals surface area contributed by atoms with Gasteiger partial charge >= 0.3 is 0 Å². The van der Waals surface area contributed by atoms with E-state index in [2.05, 4.69) is 19.6 Å². The summed E-state index contributed by atoms with van der Waals surface area (Å²) in [7, 11) is 0. The molecular weight excluding hydrogens is 180 g/mol. The van der Waals surface area contributed by atoms with E-state index in [0.29, 0.717) is 6.61 Å². The predicted molar refractivity (Wildman–Crippen MR) is 58.3 cm³/mol. The average Bonchev–Trinajstić information content (AvgIpc) is 2.15. The molecule has 0 aliphatic carbocycles. The zero-order chi connectivity index (χ0) is 9.52. The summed E-state index contributed by atoms with van der Waals surface area (Å²) in [6.45, 7) is 3.74. The number of unbranched alkanes of at least 4 members (excludes halogenated alkanes) is 1. The van der Waals surface area contributed by atoms with Crippen molar-refractivity contribution < 1.29 is 4.74 Å². The molecule has 0 bridgehead atoms. The van der Waals surface area contributed by atoms with Gasteiger partial charge < -0.3 is 4.74 Å². The lowest BCUT2D eigenvalue weighted by atomic mass is 10.2. The van der Waals surface area contributed by atoms with Crippen molar-refractivity contribution in [3.8, 4) is 0 Å². The van der Waals surface area contributed by atoms with Gasteiger partial charge in [0.15, 0.2) is 0 Å². The summed E-state index contributed by atoms with van der Waals surface area (Å²) < 4.78 is 5.48. The van der Waals surface area contributed by atoms with Crippen LogP contribution in [-0.2, 0) is 11.3 Å². The van der Waals surface area contributed by atoms with Crippen molar-refractivity contribution in [3.63, 3.8) is 0 Å². The van der Waals surface area contributed by atoms with E-state index in [0.717, 1.165) is 17.9 Å². The molecule has 2 heteroatoms. The molecular formula is C11H16OS. The lowest BCUT2D eigenvalue weighted by molar-refractivity contribution is 0.118. The topological polar surface area (TPSA) is 9.23 Å². The van der Waals surface area contributed by atoms with E-state index in [9.17, 15) is 0 Å². The first-order valence-electron chi connectivity index (χ1n) is 4.68. The Balaban J connectivity index is 2.25. The Morgan fingerprint density at radius 3 is 2.54 bits per heavy atom. The molecule has 0 aliphatic rings. The van der Waals surface area contributed by atoms with E-state index in [4.69, 9.17) is 4.74 Å². The highest BCUT2D eigenvalue weighted by atomic mass is 32.1. The van der Waals surface area contributed by atoms with E-state index in [1.54, 1.807) is 0 Å². The van der Waals surface area contributed by atoms with Crippen LogP contribution in [0.3, 0.4) is 0 Å². The van der Waals surface area contributed by atoms with E-state index in [-0.39, 0.29) is 0 Å². The van der Waals surface area contributed by atoms with Crippen molar-refractivity contribution in [1.29, 1.82) is 0 Å². The average molecular weight is 196 g/mol. The van der Waals surface area contributed by atoms with Crippen LogP contribution in [-0.4, -0.2) is 6.61 Å². The van der Waals surface area contributed by atoms with Gasteiger partial charge in [-0.3, -0.25) is 0 Å². The second-order valence-corrected chi connectivity index (χ2v) is 3.59. The molecule has 72 valence electrons. The maximum absolute atomic E-state index is 5.48. The van der Waals surface area contributed by atoms with Gasteiger partial charge in [-0.1, -0.05) is 25.5 Å². The summed E-state index contributed by atoms with van der Waals surface area (Å²) in [5.74, 6) is 0. The Morgan fingerprint density at radius 1 is 1.23 bits per heavy atom. The summed E-state index contributed by atoms with van der Waals surface area (Å²) in [6.07, 6.45) is 2.33. The van der Waals surface area contributed by atoms with Gasteiger partial charge in [0.05, 0.1) is 6.61 Å². The second kappa shape index (κ2) is 6.06. The molecule has 0 radical (unpaired) electrons. The first-order chi connectivity index (χ1) is 6.33. The summed E-state index contributed by atoms with van der Waals surface area (Å²) in [6, 6.07) is 8.08. The molecule has 0 aliphatic heterocycles. The molecule has 0 saturated carbocycles. The van der Waals surface area contributed by atoms with Gasteiger partial charge in [0.25, 0.3) is 0 Å². The van der Waals surface area contributed by atoms with Gasteiger partial charge in [0, 0.05) is 11.5 Å². The van der Waals surface area contributed by atoms with Gasteiger partial charge in [-0.15, -0.1) is 12.6 Å². The molecule has 0 heterocycles. The van der Waals surface area contributed by atoms with Crippen LogP contribution in [0.5, 0.6) is 0 Å². The quantitative estimate of drug-likeness (QED) is 0.561. The third-order valence-electron chi connectivity index (χ3n) is 1.85. The van der Waals surface area contributed by atoms with Gasteiger partial charge in [0.2, 0.25) is 0 Å². The number of rotatable bonds is 5. The second-order valence-electron chi connectivity index (χ2n) is 3.07. The lowest BCUT2D eigenvalue weighted by Gasteiger charge is -2.03. The Bertz CT molecular complexity index is 230. The van der Waals surface area contributed by atoms with E-state index >= 15 is 0 Å². The zero-order valence-corrected chi connectivity index (χ0v) is 8.89. The Labute approximate surface area is 85.5 Å². The fourth-order valence-electron chi connectivity index (χ4n) is 1.03. The molecule has 13 heavy (non-hydrogen) atoms. The summed E-state index contributed by atoms with van der Waals surface area (Å²) >= 11 is 4.22. The highest BCUT2D eigenvalue weighted by Crippen LogP contribution is 2.08. The Morgan fingerprint density at radius 2 is 1.92 bits per heavy atom. The fraction of sp³-hybridized carbons (Fsp3) is 0.455. The van der Waals surface area contributed by atoms with E-state index in [1.165, 1.54) is 12.0 Å². The fourth-order valence-corrected chi connectivity index (χ4v) is 1.18. The number of hydrogen-bond donors (Lipinski definition) is 1.